The summed E-state index contributed by atoms with van der Waals surface area (Å²) in [6.07, 6.45) is 0.0928. The fourth-order valence-electron chi connectivity index (χ4n) is 2.60. The Kier molecular flexibility index (Phi) is 8.21. The number of anilines is 1. The predicted molar refractivity (Wildman–Crippen MR) is 119 cm³/mol. The van der Waals surface area contributed by atoms with Crippen molar-refractivity contribution in [1.82, 2.24) is 10.6 Å². The standard InChI is InChI=1S/C23H31FN4O2/c1-16(2)30-20-11-9-19(10-12-20)27-22(26-15-21(29)28-23(3,4)5)25-14-17-7-6-8-18(24)13-17/h6-13,16H,14-15H2,1-5H3,(H,28,29)(H2,25,26,27). The van der Waals surface area contributed by atoms with Crippen LogP contribution < -0.4 is 20.7 Å². The van der Waals surface area contributed by atoms with E-state index in [9.17, 15) is 9.18 Å². The Hall–Kier alpha value is -3.09. The molecule has 6 nitrogen and oxygen atoms in total. The summed E-state index contributed by atoms with van der Waals surface area (Å²) in [5.41, 5.74) is 1.20. The number of nitrogens with one attached hydrogen (secondary N) is 3. The molecular weight excluding hydrogens is 383 g/mol. The van der Waals surface area contributed by atoms with Crippen LogP contribution in [0.2, 0.25) is 0 Å². The third kappa shape index (κ3) is 8.94. The van der Waals surface area contributed by atoms with E-state index in [4.69, 9.17) is 4.74 Å². The Bertz CT molecular complexity index is 858. The molecule has 2 rings (SSSR count). The summed E-state index contributed by atoms with van der Waals surface area (Å²) in [4.78, 5) is 16.6. The molecule has 30 heavy (non-hydrogen) atoms. The second-order valence-electron chi connectivity index (χ2n) is 8.26. The van der Waals surface area contributed by atoms with Gasteiger partial charge in [0.05, 0.1) is 19.2 Å². The molecule has 2 aromatic rings. The number of carbonyl (C=O) groups is 1. The summed E-state index contributed by atoms with van der Waals surface area (Å²) in [5.74, 6) is 0.728. The molecule has 0 unspecified atom stereocenters. The summed E-state index contributed by atoms with van der Waals surface area (Å²) in [5, 5.41) is 9.09. The average Bonchev–Trinajstić information content (AvgIpc) is 2.63. The first-order chi connectivity index (χ1) is 14.1. The molecule has 2 aromatic carbocycles. The van der Waals surface area contributed by atoms with Crippen LogP contribution in [0.3, 0.4) is 0 Å². The Morgan fingerprint density at radius 1 is 1.13 bits per heavy atom. The quantitative estimate of drug-likeness (QED) is 0.471. The Morgan fingerprint density at radius 3 is 2.43 bits per heavy atom. The van der Waals surface area contributed by atoms with Crippen LogP contribution in [0.4, 0.5) is 10.1 Å². The van der Waals surface area contributed by atoms with Crippen molar-refractivity contribution in [2.24, 2.45) is 4.99 Å². The van der Waals surface area contributed by atoms with Gasteiger partial charge in [-0.1, -0.05) is 12.1 Å². The lowest BCUT2D eigenvalue weighted by Gasteiger charge is -2.21. The molecule has 0 aromatic heterocycles. The van der Waals surface area contributed by atoms with Gasteiger partial charge in [0, 0.05) is 11.2 Å². The lowest BCUT2D eigenvalue weighted by molar-refractivity contribution is -0.121. The molecule has 0 bridgehead atoms. The van der Waals surface area contributed by atoms with Crippen molar-refractivity contribution in [2.45, 2.75) is 52.8 Å². The van der Waals surface area contributed by atoms with Gasteiger partial charge in [-0.2, -0.15) is 0 Å². The number of rotatable bonds is 7. The Morgan fingerprint density at radius 2 is 1.83 bits per heavy atom. The number of hydrogen-bond acceptors (Lipinski definition) is 3. The maximum absolute atomic E-state index is 13.4. The van der Waals surface area contributed by atoms with Crippen molar-refractivity contribution in [2.75, 3.05) is 11.9 Å². The van der Waals surface area contributed by atoms with Gasteiger partial charge in [-0.25, -0.2) is 9.38 Å². The molecule has 0 spiro atoms. The molecule has 3 N–H and O–H groups in total. The van der Waals surface area contributed by atoms with Gasteiger partial charge in [0.1, 0.15) is 11.6 Å². The minimum absolute atomic E-state index is 0.0563. The zero-order valence-electron chi connectivity index (χ0n) is 18.3. The SMILES string of the molecule is CC(C)Oc1ccc(NC(=NCc2cccc(F)c2)NCC(=O)NC(C)(C)C)cc1. The van der Waals surface area contributed by atoms with Gasteiger partial charge in [0.2, 0.25) is 5.91 Å². The number of nitrogens with zero attached hydrogens (tertiary/aromatic N) is 1. The van der Waals surface area contributed by atoms with Crippen molar-refractivity contribution in [3.05, 3.63) is 59.9 Å². The molecule has 0 saturated carbocycles. The number of amides is 1. The fraction of sp³-hybridized carbons (Fsp3) is 0.391. The molecule has 0 saturated heterocycles. The summed E-state index contributed by atoms with van der Waals surface area (Å²) in [7, 11) is 0. The van der Waals surface area contributed by atoms with Gasteiger partial charge >= 0.3 is 0 Å². The minimum Gasteiger partial charge on any atom is -0.491 e. The lowest BCUT2D eigenvalue weighted by Crippen LogP contribution is -2.46. The van der Waals surface area contributed by atoms with Crippen LogP contribution in [-0.2, 0) is 11.3 Å². The molecule has 0 aliphatic rings. The molecule has 162 valence electrons. The first-order valence-electron chi connectivity index (χ1n) is 9.98. The van der Waals surface area contributed by atoms with E-state index in [1.165, 1.54) is 12.1 Å². The second-order valence-corrected chi connectivity index (χ2v) is 8.26. The first kappa shape index (κ1) is 23.2. The molecule has 0 fully saturated rings. The van der Waals surface area contributed by atoms with Crippen LogP contribution in [0.1, 0.15) is 40.2 Å². The van der Waals surface area contributed by atoms with Crippen LogP contribution in [0, 0.1) is 5.82 Å². The normalized spacial score (nSPS) is 11.9. The smallest absolute Gasteiger partial charge is 0.239 e. The molecule has 0 heterocycles. The van der Waals surface area contributed by atoms with Crippen molar-refractivity contribution >= 4 is 17.6 Å². The molecule has 0 atom stereocenters. The fourth-order valence-corrected chi connectivity index (χ4v) is 2.60. The van der Waals surface area contributed by atoms with Gasteiger partial charge in [-0.05, 0) is 76.6 Å². The summed E-state index contributed by atoms with van der Waals surface area (Å²) >= 11 is 0. The molecular formula is C23H31FN4O2. The minimum atomic E-state index is -0.322. The third-order valence-electron chi connectivity index (χ3n) is 3.73. The van der Waals surface area contributed by atoms with Crippen molar-refractivity contribution in [1.29, 1.82) is 0 Å². The van der Waals surface area contributed by atoms with Crippen molar-refractivity contribution in [3.63, 3.8) is 0 Å². The van der Waals surface area contributed by atoms with Crippen LogP contribution in [0.25, 0.3) is 0 Å². The summed E-state index contributed by atoms with van der Waals surface area (Å²) in [6, 6.07) is 13.7. The van der Waals surface area contributed by atoms with Crippen molar-refractivity contribution < 1.29 is 13.9 Å². The van der Waals surface area contributed by atoms with E-state index in [0.29, 0.717) is 5.96 Å². The second kappa shape index (κ2) is 10.6. The number of hydrogen-bond donors (Lipinski definition) is 3. The Labute approximate surface area is 177 Å². The van der Waals surface area contributed by atoms with Crippen LogP contribution in [0.15, 0.2) is 53.5 Å². The van der Waals surface area contributed by atoms with Gasteiger partial charge in [-0.3, -0.25) is 4.79 Å². The zero-order valence-corrected chi connectivity index (χ0v) is 18.3. The molecule has 0 aliphatic heterocycles. The summed E-state index contributed by atoms with van der Waals surface area (Å²) < 4.78 is 19.1. The largest absolute Gasteiger partial charge is 0.491 e. The number of benzene rings is 2. The van der Waals surface area contributed by atoms with E-state index in [-0.39, 0.29) is 36.5 Å². The predicted octanol–water partition coefficient (Wildman–Crippen LogP) is 4.09. The van der Waals surface area contributed by atoms with E-state index in [1.54, 1.807) is 12.1 Å². The van der Waals surface area contributed by atoms with Gasteiger partial charge in [-0.15, -0.1) is 0 Å². The maximum atomic E-state index is 13.4. The van der Waals surface area contributed by atoms with Crippen LogP contribution >= 0.6 is 0 Å². The van der Waals surface area contributed by atoms with Gasteiger partial charge in [0.15, 0.2) is 5.96 Å². The average molecular weight is 415 g/mol. The molecule has 0 aliphatic carbocycles. The first-order valence-corrected chi connectivity index (χ1v) is 9.98. The molecule has 7 heteroatoms. The van der Waals surface area contributed by atoms with E-state index < -0.39 is 0 Å². The zero-order chi connectivity index (χ0) is 22.1. The third-order valence-corrected chi connectivity index (χ3v) is 3.73. The highest BCUT2D eigenvalue weighted by molar-refractivity contribution is 5.96. The van der Waals surface area contributed by atoms with E-state index in [0.717, 1.165) is 17.0 Å². The van der Waals surface area contributed by atoms with E-state index in [2.05, 4.69) is 20.9 Å². The van der Waals surface area contributed by atoms with Gasteiger partial charge < -0.3 is 20.7 Å². The molecule has 0 radical (unpaired) electrons. The topological polar surface area (TPSA) is 74.8 Å². The van der Waals surface area contributed by atoms with E-state index in [1.807, 2.05) is 58.9 Å². The highest BCUT2D eigenvalue weighted by Crippen LogP contribution is 2.17. The number of guanidine groups is 1. The van der Waals surface area contributed by atoms with Gasteiger partial charge in [0.25, 0.3) is 0 Å². The molecule has 1 amide bonds. The number of carbonyl (C=O) groups excluding carboxylic acids is 1. The monoisotopic (exact) mass is 414 g/mol. The summed E-state index contributed by atoms with van der Waals surface area (Å²) in [6.45, 7) is 10.0. The maximum Gasteiger partial charge on any atom is 0.239 e. The number of halogens is 1. The van der Waals surface area contributed by atoms with E-state index >= 15 is 0 Å². The number of ether oxygens (including phenoxy) is 1. The Balaban J connectivity index is 2.09. The van der Waals surface area contributed by atoms with Crippen LogP contribution in [0.5, 0.6) is 5.75 Å². The van der Waals surface area contributed by atoms with Crippen LogP contribution in [-0.4, -0.2) is 30.1 Å². The highest BCUT2D eigenvalue weighted by atomic mass is 19.1. The number of aliphatic imine (C=N–C) groups is 1. The highest BCUT2D eigenvalue weighted by Gasteiger charge is 2.14. The van der Waals surface area contributed by atoms with Crippen molar-refractivity contribution in [3.8, 4) is 5.75 Å². The lowest BCUT2D eigenvalue weighted by atomic mass is 10.1.